The van der Waals surface area contributed by atoms with Gasteiger partial charge < -0.3 is 15.0 Å². The van der Waals surface area contributed by atoms with Crippen LogP contribution in [0.25, 0.3) is 11.2 Å². The normalized spacial score (nSPS) is 22.8. The van der Waals surface area contributed by atoms with Gasteiger partial charge in [-0.25, -0.2) is 15.0 Å². The summed E-state index contributed by atoms with van der Waals surface area (Å²) in [6, 6.07) is 0.449. The van der Waals surface area contributed by atoms with E-state index in [9.17, 15) is 4.79 Å². The lowest BCUT2D eigenvalue weighted by Crippen LogP contribution is -2.22. The third-order valence-corrected chi connectivity index (χ3v) is 6.14. The second-order valence-electron chi connectivity index (χ2n) is 7.94. The quantitative estimate of drug-likeness (QED) is 0.648. The molecule has 7 heteroatoms. The number of hydrogen-bond acceptors (Lipinski definition) is 6. The molecule has 148 valence electrons. The van der Waals surface area contributed by atoms with E-state index in [1.54, 1.807) is 0 Å². The lowest BCUT2D eigenvalue weighted by molar-refractivity contribution is -0.146. The van der Waals surface area contributed by atoms with Crippen molar-refractivity contribution in [2.24, 2.45) is 11.8 Å². The summed E-state index contributed by atoms with van der Waals surface area (Å²) < 4.78 is 6.99. The fourth-order valence-corrected chi connectivity index (χ4v) is 4.49. The smallest absolute Gasteiger partial charge is 0.308 e. The van der Waals surface area contributed by atoms with Crippen LogP contribution in [0.3, 0.4) is 0 Å². The number of fused-ring (bicyclic) bond motifs is 1. The molecule has 2 aliphatic carbocycles. The Kier molecular flexibility index (Phi) is 5.47. The standard InChI is InChI=1S/C21H27N5O2/c1-28-21(27)15-11-9-14(10-12-15)5-4-8-17-24-19(22)18-20(25-17)26(13-23-18)16-6-2-3-7-16/h13-16H,2-3,5-7,9-12H2,1H3,(H2,22,24,25). The number of nitrogens with two attached hydrogens (primary N) is 1. The van der Waals surface area contributed by atoms with E-state index in [1.807, 2.05) is 6.33 Å². The minimum absolute atomic E-state index is 0.0515. The molecule has 0 radical (unpaired) electrons. The van der Waals surface area contributed by atoms with Gasteiger partial charge in [0.05, 0.1) is 19.4 Å². The molecule has 28 heavy (non-hydrogen) atoms. The van der Waals surface area contributed by atoms with Crippen LogP contribution in [0.5, 0.6) is 0 Å². The van der Waals surface area contributed by atoms with Crippen LogP contribution in [-0.4, -0.2) is 32.6 Å². The summed E-state index contributed by atoms with van der Waals surface area (Å²) in [5, 5.41) is 0. The number of carbonyl (C=O) groups excluding carboxylic acids is 1. The molecule has 2 aromatic heterocycles. The number of nitrogen functional groups attached to an aromatic ring is 1. The molecule has 0 aromatic carbocycles. The molecule has 0 saturated heterocycles. The van der Waals surface area contributed by atoms with Gasteiger partial charge >= 0.3 is 5.97 Å². The third kappa shape index (κ3) is 3.82. The summed E-state index contributed by atoms with van der Waals surface area (Å²) in [7, 11) is 1.46. The second kappa shape index (κ2) is 8.17. The van der Waals surface area contributed by atoms with Gasteiger partial charge in [0.1, 0.15) is 5.52 Å². The van der Waals surface area contributed by atoms with Gasteiger partial charge in [-0.05, 0) is 50.4 Å². The molecule has 0 atom stereocenters. The zero-order valence-electron chi connectivity index (χ0n) is 16.4. The molecular formula is C21H27N5O2. The van der Waals surface area contributed by atoms with Crippen molar-refractivity contribution in [2.75, 3.05) is 12.8 Å². The molecule has 0 bridgehead atoms. The molecule has 2 saturated carbocycles. The van der Waals surface area contributed by atoms with Crippen LogP contribution in [0.1, 0.15) is 69.7 Å². The predicted molar refractivity (Wildman–Crippen MR) is 106 cm³/mol. The van der Waals surface area contributed by atoms with Gasteiger partial charge in [-0.3, -0.25) is 4.79 Å². The maximum absolute atomic E-state index is 11.6. The van der Waals surface area contributed by atoms with Crippen molar-refractivity contribution in [1.29, 1.82) is 0 Å². The maximum Gasteiger partial charge on any atom is 0.308 e. The van der Waals surface area contributed by atoms with Crippen LogP contribution in [0.15, 0.2) is 6.33 Å². The van der Waals surface area contributed by atoms with Gasteiger partial charge in [-0.2, -0.15) is 0 Å². The van der Waals surface area contributed by atoms with Gasteiger partial charge in [-0.1, -0.05) is 18.8 Å². The first kappa shape index (κ1) is 18.7. The molecule has 0 amide bonds. The SMILES string of the molecule is COC(=O)C1CCC(CC#Cc2nc(N)c3ncn(C4CCCC4)c3n2)CC1. The molecule has 7 nitrogen and oxygen atoms in total. The van der Waals surface area contributed by atoms with Crippen LogP contribution in [0, 0.1) is 23.7 Å². The number of ether oxygens (including phenoxy) is 1. The highest BCUT2D eigenvalue weighted by atomic mass is 16.5. The summed E-state index contributed by atoms with van der Waals surface area (Å²) in [5.74, 6) is 7.66. The Labute approximate surface area is 165 Å². The molecule has 0 unspecified atom stereocenters. The molecule has 2 aromatic rings. The Hall–Kier alpha value is -2.62. The Morgan fingerprint density at radius 2 is 1.96 bits per heavy atom. The second-order valence-corrected chi connectivity index (χ2v) is 7.94. The summed E-state index contributed by atoms with van der Waals surface area (Å²) >= 11 is 0. The minimum Gasteiger partial charge on any atom is -0.469 e. The topological polar surface area (TPSA) is 95.9 Å². The zero-order valence-corrected chi connectivity index (χ0v) is 16.4. The summed E-state index contributed by atoms with van der Waals surface area (Å²) in [5.41, 5.74) is 7.56. The fraction of sp³-hybridized carbons (Fsp3) is 0.619. The molecule has 2 N–H and O–H groups in total. The van der Waals surface area contributed by atoms with Crippen molar-refractivity contribution in [1.82, 2.24) is 19.5 Å². The molecule has 4 rings (SSSR count). The van der Waals surface area contributed by atoms with Gasteiger partial charge in [0.25, 0.3) is 0 Å². The van der Waals surface area contributed by atoms with E-state index >= 15 is 0 Å². The van der Waals surface area contributed by atoms with Crippen LogP contribution in [0.4, 0.5) is 5.82 Å². The Bertz CT molecular complexity index is 912. The summed E-state index contributed by atoms with van der Waals surface area (Å²) in [4.78, 5) is 25.0. The molecular weight excluding hydrogens is 354 g/mol. The van der Waals surface area contributed by atoms with Gasteiger partial charge in [-0.15, -0.1) is 0 Å². The fourth-order valence-electron chi connectivity index (χ4n) is 4.49. The average molecular weight is 381 g/mol. The Morgan fingerprint density at radius 1 is 1.21 bits per heavy atom. The molecule has 0 spiro atoms. The predicted octanol–water partition coefficient (Wildman–Crippen LogP) is 3.24. The van der Waals surface area contributed by atoms with E-state index in [-0.39, 0.29) is 11.9 Å². The minimum atomic E-state index is -0.0828. The van der Waals surface area contributed by atoms with Crippen LogP contribution in [-0.2, 0) is 9.53 Å². The van der Waals surface area contributed by atoms with E-state index in [4.69, 9.17) is 10.5 Å². The highest BCUT2D eigenvalue weighted by molar-refractivity contribution is 5.82. The number of aromatic nitrogens is 4. The number of rotatable bonds is 3. The largest absolute Gasteiger partial charge is 0.469 e. The lowest BCUT2D eigenvalue weighted by Gasteiger charge is -2.25. The number of imidazole rings is 1. The first-order valence-corrected chi connectivity index (χ1v) is 10.2. The number of carbonyl (C=O) groups is 1. The van der Waals surface area contributed by atoms with Crippen molar-refractivity contribution >= 4 is 23.0 Å². The number of methoxy groups -OCH3 is 1. The number of esters is 1. The van der Waals surface area contributed by atoms with Crippen LogP contribution in [0.2, 0.25) is 0 Å². The van der Waals surface area contributed by atoms with Crippen LogP contribution < -0.4 is 5.73 Å². The average Bonchev–Trinajstić information content (AvgIpc) is 3.37. The van der Waals surface area contributed by atoms with E-state index in [2.05, 4.69) is 31.4 Å². The lowest BCUT2D eigenvalue weighted by atomic mass is 9.81. The van der Waals surface area contributed by atoms with Gasteiger partial charge in [0.2, 0.25) is 5.82 Å². The summed E-state index contributed by atoms with van der Waals surface area (Å²) in [6.07, 6.45) is 11.2. The van der Waals surface area contributed by atoms with E-state index in [1.165, 1.54) is 20.0 Å². The van der Waals surface area contributed by atoms with E-state index in [0.29, 0.717) is 29.1 Å². The van der Waals surface area contributed by atoms with Gasteiger partial charge in [0.15, 0.2) is 11.5 Å². The molecule has 2 fully saturated rings. The van der Waals surface area contributed by atoms with Crippen molar-refractivity contribution in [3.8, 4) is 11.8 Å². The van der Waals surface area contributed by atoms with Gasteiger partial charge in [0, 0.05) is 12.5 Å². The molecule has 2 heterocycles. The Balaban J connectivity index is 1.44. The maximum atomic E-state index is 11.6. The first-order valence-electron chi connectivity index (χ1n) is 10.2. The number of anilines is 1. The van der Waals surface area contributed by atoms with Crippen molar-refractivity contribution < 1.29 is 9.53 Å². The van der Waals surface area contributed by atoms with Crippen LogP contribution >= 0.6 is 0 Å². The third-order valence-electron chi connectivity index (χ3n) is 6.14. The molecule has 2 aliphatic rings. The first-order chi connectivity index (χ1) is 13.7. The summed E-state index contributed by atoms with van der Waals surface area (Å²) in [6.45, 7) is 0. The van der Waals surface area contributed by atoms with Crippen molar-refractivity contribution in [2.45, 2.75) is 63.8 Å². The zero-order chi connectivity index (χ0) is 19.5. The number of hydrogen-bond donors (Lipinski definition) is 1. The van der Waals surface area contributed by atoms with E-state index < -0.39 is 0 Å². The Morgan fingerprint density at radius 3 is 2.68 bits per heavy atom. The highest BCUT2D eigenvalue weighted by Crippen LogP contribution is 2.32. The highest BCUT2D eigenvalue weighted by Gasteiger charge is 2.26. The van der Waals surface area contributed by atoms with Crippen molar-refractivity contribution in [3.05, 3.63) is 12.2 Å². The monoisotopic (exact) mass is 381 g/mol. The molecule has 0 aliphatic heterocycles. The van der Waals surface area contributed by atoms with E-state index in [0.717, 1.165) is 50.6 Å². The van der Waals surface area contributed by atoms with Crippen molar-refractivity contribution in [3.63, 3.8) is 0 Å². The number of nitrogens with zero attached hydrogens (tertiary/aromatic N) is 4.